The third-order valence-electron chi connectivity index (χ3n) is 3.42. The average molecular weight is 259 g/mol. The van der Waals surface area contributed by atoms with Crippen molar-refractivity contribution in [2.75, 3.05) is 0 Å². The fraction of sp³-hybridized carbons (Fsp3) is 0.308. The molecule has 0 saturated carbocycles. The Bertz CT molecular complexity index is 619. The van der Waals surface area contributed by atoms with Crippen LogP contribution >= 0.6 is 0 Å². The van der Waals surface area contributed by atoms with Crippen LogP contribution in [0.4, 0.5) is 0 Å². The topological polar surface area (TPSA) is 88.2 Å². The normalized spacial score (nSPS) is 18.0. The molecule has 1 unspecified atom stereocenters. The Morgan fingerprint density at radius 1 is 1.26 bits per heavy atom. The van der Waals surface area contributed by atoms with Crippen LogP contribution in [0.2, 0.25) is 0 Å². The number of phenols is 1. The van der Waals surface area contributed by atoms with Crippen molar-refractivity contribution in [1.29, 1.82) is 0 Å². The van der Waals surface area contributed by atoms with E-state index in [2.05, 4.69) is 10.2 Å². The maximum atomic E-state index is 11.1. The number of carboxylic acids is 1. The van der Waals surface area contributed by atoms with Crippen LogP contribution in [0.3, 0.4) is 0 Å². The summed E-state index contributed by atoms with van der Waals surface area (Å²) >= 11 is 0. The molecule has 19 heavy (non-hydrogen) atoms. The van der Waals surface area contributed by atoms with E-state index in [9.17, 15) is 9.90 Å². The predicted molar refractivity (Wildman–Crippen MR) is 66.6 cm³/mol. The highest BCUT2D eigenvalue weighted by Crippen LogP contribution is 2.26. The quantitative estimate of drug-likeness (QED) is 0.848. The molecule has 0 spiro atoms. The molecule has 3 rings (SSSR count). The lowest BCUT2D eigenvalue weighted by Gasteiger charge is -2.21. The number of aromatic nitrogens is 3. The van der Waals surface area contributed by atoms with Crippen molar-refractivity contribution in [2.45, 2.75) is 19.4 Å². The number of aryl methyl sites for hydroxylation is 1. The van der Waals surface area contributed by atoms with Gasteiger partial charge in [0.1, 0.15) is 11.6 Å². The monoisotopic (exact) mass is 259 g/mol. The van der Waals surface area contributed by atoms with Crippen LogP contribution in [-0.2, 0) is 17.8 Å². The number of phenolic OH excluding ortho intramolecular Hbond substituents is 1. The zero-order valence-electron chi connectivity index (χ0n) is 10.2. The molecular weight excluding hydrogens is 246 g/mol. The molecule has 1 aliphatic heterocycles. The number of carbonyl (C=O) groups is 1. The van der Waals surface area contributed by atoms with Gasteiger partial charge in [-0.2, -0.15) is 0 Å². The number of carboxylic acid groups (broad SMARTS) is 1. The van der Waals surface area contributed by atoms with Crippen molar-refractivity contribution in [3.63, 3.8) is 0 Å². The van der Waals surface area contributed by atoms with Crippen molar-refractivity contribution >= 4 is 5.97 Å². The minimum Gasteiger partial charge on any atom is -0.508 e. The summed E-state index contributed by atoms with van der Waals surface area (Å²) < 4.78 is 1.86. The summed E-state index contributed by atoms with van der Waals surface area (Å²) in [5.74, 6) is 0.488. The van der Waals surface area contributed by atoms with Crippen LogP contribution < -0.4 is 0 Å². The first kappa shape index (κ1) is 11.7. The lowest BCUT2D eigenvalue weighted by atomic mass is 9.99. The molecule has 2 N–H and O–H groups in total. The van der Waals surface area contributed by atoms with Crippen LogP contribution in [-0.4, -0.2) is 30.9 Å². The summed E-state index contributed by atoms with van der Waals surface area (Å²) in [5, 5.41) is 26.6. The number of hydrogen-bond donors (Lipinski definition) is 2. The van der Waals surface area contributed by atoms with E-state index in [-0.39, 0.29) is 11.7 Å². The van der Waals surface area contributed by atoms with Crippen LogP contribution in [0.5, 0.6) is 5.75 Å². The second-order valence-corrected chi connectivity index (χ2v) is 4.67. The van der Waals surface area contributed by atoms with E-state index >= 15 is 0 Å². The maximum absolute atomic E-state index is 11.1. The Balaban J connectivity index is 1.99. The molecule has 1 aromatic heterocycles. The minimum absolute atomic E-state index is 0.186. The molecular formula is C13H13N3O3. The zero-order valence-corrected chi connectivity index (χ0v) is 10.2. The predicted octanol–water partition coefficient (Wildman–Crippen LogP) is 1.30. The van der Waals surface area contributed by atoms with E-state index in [4.69, 9.17) is 5.11 Å². The van der Waals surface area contributed by atoms with E-state index in [0.717, 1.165) is 11.4 Å². The third-order valence-corrected chi connectivity index (χ3v) is 3.42. The van der Waals surface area contributed by atoms with Crippen LogP contribution in [0.1, 0.15) is 12.2 Å². The molecule has 6 nitrogen and oxygen atoms in total. The zero-order chi connectivity index (χ0) is 13.4. The van der Waals surface area contributed by atoms with Crippen molar-refractivity contribution < 1.29 is 15.0 Å². The van der Waals surface area contributed by atoms with Gasteiger partial charge in [-0.15, -0.1) is 10.2 Å². The number of hydrogen-bond acceptors (Lipinski definition) is 4. The van der Waals surface area contributed by atoms with Crippen molar-refractivity contribution in [3.8, 4) is 17.1 Å². The molecule has 98 valence electrons. The number of nitrogens with zero attached hydrogens (tertiary/aromatic N) is 3. The summed E-state index contributed by atoms with van der Waals surface area (Å²) in [7, 11) is 0. The fourth-order valence-electron chi connectivity index (χ4n) is 2.35. The van der Waals surface area contributed by atoms with Gasteiger partial charge >= 0.3 is 5.97 Å². The molecule has 2 heterocycles. The SMILES string of the molecule is O=C(O)C1CCc2nnc(-c3ccc(O)cc3)n2C1. The number of aromatic hydroxyl groups is 1. The standard InChI is InChI=1S/C13H13N3O3/c17-10-4-1-8(2-5-10)12-15-14-11-6-3-9(13(18)19)7-16(11)12/h1-2,4-5,9,17H,3,6-7H2,(H,18,19). The van der Waals surface area contributed by atoms with Gasteiger partial charge in [0, 0.05) is 18.5 Å². The van der Waals surface area contributed by atoms with Crippen molar-refractivity contribution in [1.82, 2.24) is 14.8 Å². The summed E-state index contributed by atoms with van der Waals surface area (Å²) in [6, 6.07) is 6.65. The molecule has 2 aromatic rings. The molecule has 1 aromatic carbocycles. The summed E-state index contributed by atoms with van der Waals surface area (Å²) in [5.41, 5.74) is 0.822. The summed E-state index contributed by atoms with van der Waals surface area (Å²) in [4.78, 5) is 11.1. The highest BCUT2D eigenvalue weighted by molar-refractivity contribution is 5.70. The van der Waals surface area contributed by atoms with Crippen LogP contribution in [0.15, 0.2) is 24.3 Å². The number of fused-ring (bicyclic) bond motifs is 1. The lowest BCUT2D eigenvalue weighted by Crippen LogP contribution is -2.27. The minimum atomic E-state index is -0.781. The van der Waals surface area contributed by atoms with E-state index in [1.165, 1.54) is 0 Å². The highest BCUT2D eigenvalue weighted by Gasteiger charge is 2.27. The lowest BCUT2D eigenvalue weighted by molar-refractivity contribution is -0.142. The van der Waals surface area contributed by atoms with Gasteiger partial charge in [0.25, 0.3) is 0 Å². The Morgan fingerprint density at radius 2 is 2.00 bits per heavy atom. The second kappa shape index (κ2) is 4.38. The first-order valence-corrected chi connectivity index (χ1v) is 6.09. The Morgan fingerprint density at radius 3 is 2.68 bits per heavy atom. The average Bonchev–Trinajstić information content (AvgIpc) is 2.82. The molecule has 0 bridgehead atoms. The van der Waals surface area contributed by atoms with Gasteiger partial charge in [0.05, 0.1) is 5.92 Å². The Kier molecular flexibility index (Phi) is 2.70. The molecule has 1 atom stereocenters. The molecule has 0 amide bonds. The second-order valence-electron chi connectivity index (χ2n) is 4.67. The van der Waals surface area contributed by atoms with Crippen molar-refractivity contribution in [2.24, 2.45) is 5.92 Å². The van der Waals surface area contributed by atoms with Gasteiger partial charge < -0.3 is 14.8 Å². The maximum Gasteiger partial charge on any atom is 0.308 e. The van der Waals surface area contributed by atoms with Gasteiger partial charge in [-0.3, -0.25) is 4.79 Å². The van der Waals surface area contributed by atoms with E-state index in [1.54, 1.807) is 24.3 Å². The van der Waals surface area contributed by atoms with Gasteiger partial charge in [-0.1, -0.05) is 0 Å². The van der Waals surface area contributed by atoms with E-state index in [1.807, 2.05) is 4.57 Å². The molecule has 0 saturated heterocycles. The Labute approximate surface area is 109 Å². The van der Waals surface area contributed by atoms with E-state index < -0.39 is 5.97 Å². The first-order chi connectivity index (χ1) is 9.15. The smallest absolute Gasteiger partial charge is 0.308 e. The molecule has 0 radical (unpaired) electrons. The van der Waals surface area contributed by atoms with E-state index in [0.29, 0.717) is 25.2 Å². The molecule has 0 aliphatic carbocycles. The van der Waals surface area contributed by atoms with Crippen LogP contribution in [0.25, 0.3) is 11.4 Å². The molecule has 0 fully saturated rings. The van der Waals surface area contributed by atoms with Crippen LogP contribution in [0, 0.1) is 5.92 Å². The fourth-order valence-corrected chi connectivity index (χ4v) is 2.35. The summed E-state index contributed by atoms with van der Waals surface area (Å²) in [6.45, 7) is 0.397. The number of aliphatic carboxylic acids is 1. The largest absolute Gasteiger partial charge is 0.508 e. The van der Waals surface area contributed by atoms with Gasteiger partial charge in [0.15, 0.2) is 5.82 Å². The number of rotatable bonds is 2. The van der Waals surface area contributed by atoms with Gasteiger partial charge in [-0.05, 0) is 30.7 Å². The molecule has 1 aliphatic rings. The van der Waals surface area contributed by atoms with Gasteiger partial charge in [0.2, 0.25) is 0 Å². The Hall–Kier alpha value is -2.37. The third kappa shape index (κ3) is 2.05. The van der Waals surface area contributed by atoms with Crippen molar-refractivity contribution in [3.05, 3.63) is 30.1 Å². The van der Waals surface area contributed by atoms with Gasteiger partial charge in [-0.25, -0.2) is 0 Å². The first-order valence-electron chi connectivity index (χ1n) is 6.09. The summed E-state index contributed by atoms with van der Waals surface area (Å²) in [6.07, 6.45) is 1.23. The highest BCUT2D eigenvalue weighted by atomic mass is 16.4. The number of benzene rings is 1. The molecule has 6 heteroatoms.